The normalized spacial score (nSPS) is 18.3. The van der Waals surface area contributed by atoms with E-state index in [0.717, 1.165) is 63.1 Å². The number of hydrogen-bond acceptors (Lipinski definition) is 6. The van der Waals surface area contributed by atoms with Crippen LogP contribution in [0.3, 0.4) is 0 Å². The molecule has 8 heteroatoms. The number of carbonyl (C=O) groups excluding carboxylic acids is 1. The predicted octanol–water partition coefficient (Wildman–Crippen LogP) is 0.868. The minimum atomic E-state index is 0.0234. The van der Waals surface area contributed by atoms with Crippen LogP contribution in [0.5, 0.6) is 11.5 Å². The van der Waals surface area contributed by atoms with Crippen molar-refractivity contribution in [3.8, 4) is 11.5 Å². The topological polar surface area (TPSA) is 66.5 Å². The maximum Gasteiger partial charge on any atom is 0.317 e. The quantitative estimate of drug-likeness (QED) is 0.792. The molecule has 27 heavy (non-hydrogen) atoms. The lowest BCUT2D eigenvalue weighted by Crippen LogP contribution is -2.52. The van der Waals surface area contributed by atoms with E-state index in [0.29, 0.717) is 19.6 Å². The van der Waals surface area contributed by atoms with Crippen LogP contribution in [-0.2, 0) is 4.74 Å². The van der Waals surface area contributed by atoms with Gasteiger partial charge < -0.3 is 29.3 Å². The zero-order valence-corrected chi connectivity index (χ0v) is 16.3. The molecule has 2 amide bonds. The first kappa shape index (κ1) is 19.6. The van der Waals surface area contributed by atoms with Crippen molar-refractivity contribution in [2.45, 2.75) is 0 Å². The van der Waals surface area contributed by atoms with E-state index in [2.05, 4.69) is 15.1 Å². The number of benzene rings is 1. The highest BCUT2D eigenvalue weighted by Gasteiger charge is 2.22. The van der Waals surface area contributed by atoms with Gasteiger partial charge in [-0.2, -0.15) is 0 Å². The third-order valence-corrected chi connectivity index (χ3v) is 5.11. The molecule has 1 N–H and O–H groups in total. The summed E-state index contributed by atoms with van der Waals surface area (Å²) in [5.74, 6) is 1.44. The van der Waals surface area contributed by atoms with E-state index in [1.54, 1.807) is 14.2 Å². The van der Waals surface area contributed by atoms with E-state index in [1.165, 1.54) is 0 Å². The molecule has 0 aliphatic carbocycles. The zero-order valence-electron chi connectivity index (χ0n) is 16.3. The minimum absolute atomic E-state index is 0.0234. The molecule has 2 heterocycles. The highest BCUT2D eigenvalue weighted by molar-refractivity contribution is 5.74. The Bertz CT molecular complexity index is 614. The van der Waals surface area contributed by atoms with Crippen LogP contribution in [0.2, 0.25) is 0 Å². The second-order valence-electron chi connectivity index (χ2n) is 6.70. The van der Waals surface area contributed by atoms with Crippen LogP contribution in [0.1, 0.15) is 0 Å². The highest BCUT2D eigenvalue weighted by atomic mass is 16.5. The molecule has 2 fully saturated rings. The fourth-order valence-electron chi connectivity index (χ4n) is 3.45. The van der Waals surface area contributed by atoms with Gasteiger partial charge in [0.05, 0.1) is 27.4 Å². The van der Waals surface area contributed by atoms with Crippen LogP contribution in [0.25, 0.3) is 0 Å². The van der Waals surface area contributed by atoms with E-state index in [4.69, 9.17) is 14.2 Å². The number of hydrogen-bond donors (Lipinski definition) is 1. The smallest absolute Gasteiger partial charge is 0.317 e. The van der Waals surface area contributed by atoms with Gasteiger partial charge in [-0.25, -0.2) is 4.79 Å². The number of nitrogens with zero attached hydrogens (tertiary/aromatic N) is 3. The molecule has 2 aliphatic heterocycles. The molecule has 0 aromatic heterocycles. The maximum absolute atomic E-state index is 12.4. The summed E-state index contributed by atoms with van der Waals surface area (Å²) >= 11 is 0. The van der Waals surface area contributed by atoms with Crippen molar-refractivity contribution < 1.29 is 19.0 Å². The SMILES string of the molecule is COc1ccc(N2CCN(C(=O)NCCN3CCOCC3)CC2)cc1OC. The van der Waals surface area contributed by atoms with Gasteiger partial charge in [0.25, 0.3) is 0 Å². The van der Waals surface area contributed by atoms with Gasteiger partial charge in [-0.05, 0) is 12.1 Å². The van der Waals surface area contributed by atoms with Crippen molar-refractivity contribution in [3.05, 3.63) is 18.2 Å². The third kappa shape index (κ3) is 5.17. The number of rotatable bonds is 6. The van der Waals surface area contributed by atoms with Gasteiger partial charge >= 0.3 is 6.03 Å². The number of urea groups is 1. The Morgan fingerprint density at radius 3 is 2.41 bits per heavy atom. The molecule has 2 aliphatic rings. The molecular weight excluding hydrogens is 348 g/mol. The Morgan fingerprint density at radius 1 is 1.04 bits per heavy atom. The summed E-state index contributed by atoms with van der Waals surface area (Å²) < 4.78 is 16.0. The van der Waals surface area contributed by atoms with Gasteiger partial charge in [0, 0.05) is 64.1 Å². The largest absolute Gasteiger partial charge is 0.493 e. The number of carbonyl (C=O) groups is 1. The standard InChI is InChI=1S/C19H30N4O4/c1-25-17-4-3-16(15-18(17)26-2)22-7-9-23(10-8-22)19(24)20-5-6-21-11-13-27-14-12-21/h3-4,15H,5-14H2,1-2H3,(H,20,24). The predicted molar refractivity (Wildman–Crippen MR) is 104 cm³/mol. The van der Waals surface area contributed by atoms with Gasteiger partial charge in [-0.1, -0.05) is 0 Å². The molecule has 0 atom stereocenters. The zero-order chi connectivity index (χ0) is 19.1. The van der Waals surface area contributed by atoms with E-state index < -0.39 is 0 Å². The first-order valence-corrected chi connectivity index (χ1v) is 9.51. The number of ether oxygens (including phenoxy) is 3. The van der Waals surface area contributed by atoms with Crippen molar-refractivity contribution in [3.63, 3.8) is 0 Å². The van der Waals surface area contributed by atoms with Gasteiger partial charge in [0.1, 0.15) is 0 Å². The van der Waals surface area contributed by atoms with Crippen LogP contribution in [0.15, 0.2) is 18.2 Å². The summed E-state index contributed by atoms with van der Waals surface area (Å²) in [6, 6.07) is 5.95. The number of nitrogens with one attached hydrogen (secondary N) is 1. The summed E-state index contributed by atoms with van der Waals surface area (Å²) in [7, 11) is 3.27. The molecule has 0 spiro atoms. The molecule has 0 bridgehead atoms. The molecule has 0 unspecified atom stereocenters. The van der Waals surface area contributed by atoms with Crippen LogP contribution < -0.4 is 19.7 Å². The van der Waals surface area contributed by atoms with Crippen molar-refractivity contribution in [2.24, 2.45) is 0 Å². The fourth-order valence-corrected chi connectivity index (χ4v) is 3.45. The highest BCUT2D eigenvalue weighted by Crippen LogP contribution is 2.31. The minimum Gasteiger partial charge on any atom is -0.493 e. The van der Waals surface area contributed by atoms with Gasteiger partial charge in [-0.15, -0.1) is 0 Å². The number of piperazine rings is 1. The van der Waals surface area contributed by atoms with Crippen LogP contribution in [0.4, 0.5) is 10.5 Å². The second-order valence-corrected chi connectivity index (χ2v) is 6.70. The van der Waals surface area contributed by atoms with E-state index in [1.807, 2.05) is 23.1 Å². The average Bonchev–Trinajstić information content (AvgIpc) is 2.74. The Morgan fingerprint density at radius 2 is 1.74 bits per heavy atom. The molecule has 150 valence electrons. The lowest BCUT2D eigenvalue weighted by atomic mass is 10.2. The number of methoxy groups -OCH3 is 2. The van der Waals surface area contributed by atoms with Gasteiger partial charge in [-0.3, -0.25) is 4.90 Å². The lowest BCUT2D eigenvalue weighted by molar-refractivity contribution is 0.0386. The van der Waals surface area contributed by atoms with Crippen LogP contribution >= 0.6 is 0 Å². The summed E-state index contributed by atoms with van der Waals surface area (Å²) in [6.45, 7) is 8.02. The molecular formula is C19H30N4O4. The Kier molecular flexibility index (Phi) is 7.00. The van der Waals surface area contributed by atoms with E-state index in [9.17, 15) is 4.79 Å². The Labute approximate surface area is 160 Å². The van der Waals surface area contributed by atoms with Crippen molar-refractivity contribution in [1.82, 2.24) is 15.1 Å². The molecule has 2 saturated heterocycles. The summed E-state index contributed by atoms with van der Waals surface area (Å²) in [4.78, 5) is 18.9. The third-order valence-electron chi connectivity index (χ3n) is 5.11. The van der Waals surface area contributed by atoms with Gasteiger partial charge in [0.15, 0.2) is 11.5 Å². The number of anilines is 1. The molecule has 3 rings (SSSR count). The van der Waals surface area contributed by atoms with Gasteiger partial charge in [0.2, 0.25) is 0 Å². The first-order chi connectivity index (χ1) is 13.2. The molecule has 0 radical (unpaired) electrons. The molecule has 8 nitrogen and oxygen atoms in total. The molecule has 1 aromatic rings. The van der Waals surface area contributed by atoms with Crippen molar-refractivity contribution in [1.29, 1.82) is 0 Å². The van der Waals surface area contributed by atoms with Crippen LogP contribution in [-0.4, -0.2) is 95.6 Å². The fraction of sp³-hybridized carbons (Fsp3) is 0.632. The number of amides is 2. The second kappa shape index (κ2) is 9.66. The summed E-state index contributed by atoms with van der Waals surface area (Å²) in [5, 5.41) is 3.04. The summed E-state index contributed by atoms with van der Waals surface area (Å²) in [5.41, 5.74) is 1.08. The lowest BCUT2D eigenvalue weighted by Gasteiger charge is -2.36. The molecule has 1 aromatic carbocycles. The number of morpholine rings is 1. The Balaban J connectivity index is 1.43. The first-order valence-electron chi connectivity index (χ1n) is 9.51. The summed E-state index contributed by atoms with van der Waals surface area (Å²) in [6.07, 6.45) is 0. The van der Waals surface area contributed by atoms with E-state index >= 15 is 0 Å². The van der Waals surface area contributed by atoms with Crippen molar-refractivity contribution in [2.75, 3.05) is 84.7 Å². The maximum atomic E-state index is 12.4. The molecule has 0 saturated carbocycles. The van der Waals surface area contributed by atoms with E-state index in [-0.39, 0.29) is 6.03 Å². The van der Waals surface area contributed by atoms with Crippen molar-refractivity contribution >= 4 is 11.7 Å². The van der Waals surface area contributed by atoms with Crippen LogP contribution in [0, 0.1) is 0 Å². The average molecular weight is 378 g/mol. The monoisotopic (exact) mass is 378 g/mol. The Hall–Kier alpha value is -2.19.